The number of aromatic hydroxyl groups is 1. The molecule has 0 bridgehead atoms. The van der Waals surface area contributed by atoms with Crippen LogP contribution in [-0.4, -0.2) is 17.8 Å². The van der Waals surface area contributed by atoms with Crippen LogP contribution in [0.5, 0.6) is 5.75 Å². The standard InChI is InChI=1S/C10H10FNO3.ClH/c11-8-5-6(13)1-2-7(8)9-3-4-15-10(14)12-9;/h1-2,5,9,13H,3-4H2,(H,12,14);1H/t9-;/m1./s1. The largest absolute Gasteiger partial charge is 0.508 e. The van der Waals surface area contributed by atoms with E-state index >= 15 is 0 Å². The van der Waals surface area contributed by atoms with Gasteiger partial charge in [-0.2, -0.15) is 0 Å². The minimum absolute atomic E-state index is 0. The number of halogens is 2. The Morgan fingerprint density at radius 3 is 2.88 bits per heavy atom. The number of nitrogens with one attached hydrogen (secondary N) is 1. The molecule has 1 fully saturated rings. The second-order valence-corrected chi connectivity index (χ2v) is 3.33. The number of hydrogen-bond acceptors (Lipinski definition) is 3. The maximum absolute atomic E-state index is 13.4. The first kappa shape index (κ1) is 12.6. The highest BCUT2D eigenvalue weighted by Gasteiger charge is 2.23. The number of cyclic esters (lactones) is 1. The predicted octanol–water partition coefficient (Wildman–Crippen LogP) is 2.12. The van der Waals surface area contributed by atoms with E-state index in [1.54, 1.807) is 0 Å². The minimum atomic E-state index is -0.543. The van der Waals surface area contributed by atoms with Gasteiger partial charge in [-0.15, -0.1) is 12.4 Å². The Morgan fingerprint density at radius 2 is 2.25 bits per heavy atom. The summed E-state index contributed by atoms with van der Waals surface area (Å²) in [5.41, 5.74) is 0.365. The van der Waals surface area contributed by atoms with Gasteiger partial charge in [-0.05, 0) is 6.07 Å². The summed E-state index contributed by atoms with van der Waals surface area (Å²) in [6, 6.07) is 3.49. The number of phenols is 1. The van der Waals surface area contributed by atoms with Crippen LogP contribution in [0.15, 0.2) is 18.2 Å². The molecule has 0 radical (unpaired) electrons. The smallest absolute Gasteiger partial charge is 0.407 e. The van der Waals surface area contributed by atoms with Crippen LogP contribution in [-0.2, 0) is 4.74 Å². The first-order chi connectivity index (χ1) is 7.16. The number of alkyl carbamates (subject to hydrolysis) is 1. The number of carbonyl (C=O) groups excluding carboxylic acids is 1. The molecule has 4 nitrogen and oxygen atoms in total. The number of hydrogen-bond donors (Lipinski definition) is 2. The van der Waals surface area contributed by atoms with Gasteiger partial charge in [-0.3, -0.25) is 0 Å². The number of amides is 1. The van der Waals surface area contributed by atoms with E-state index in [1.165, 1.54) is 12.1 Å². The van der Waals surface area contributed by atoms with E-state index < -0.39 is 11.9 Å². The fourth-order valence-electron chi connectivity index (χ4n) is 1.56. The van der Waals surface area contributed by atoms with Gasteiger partial charge in [0.25, 0.3) is 0 Å². The van der Waals surface area contributed by atoms with E-state index in [1.807, 2.05) is 0 Å². The van der Waals surface area contributed by atoms with Crippen molar-refractivity contribution in [1.82, 2.24) is 5.32 Å². The molecule has 0 unspecified atom stereocenters. The maximum atomic E-state index is 13.4. The van der Waals surface area contributed by atoms with E-state index in [2.05, 4.69) is 10.1 Å². The third-order valence-corrected chi connectivity index (χ3v) is 2.29. The quantitative estimate of drug-likeness (QED) is 0.799. The fraction of sp³-hybridized carbons (Fsp3) is 0.300. The zero-order valence-corrected chi connectivity index (χ0v) is 9.09. The monoisotopic (exact) mass is 247 g/mol. The zero-order valence-electron chi connectivity index (χ0n) is 8.27. The van der Waals surface area contributed by atoms with Crippen molar-refractivity contribution in [3.05, 3.63) is 29.6 Å². The topological polar surface area (TPSA) is 58.6 Å². The average Bonchev–Trinajstić information content (AvgIpc) is 2.17. The van der Waals surface area contributed by atoms with Crippen LogP contribution < -0.4 is 5.32 Å². The molecule has 16 heavy (non-hydrogen) atoms. The first-order valence-electron chi connectivity index (χ1n) is 4.58. The molecule has 88 valence electrons. The summed E-state index contributed by atoms with van der Waals surface area (Å²) in [5.74, 6) is -0.656. The number of phenolic OH excluding ortho intramolecular Hbond substituents is 1. The highest BCUT2D eigenvalue weighted by molar-refractivity contribution is 5.85. The van der Waals surface area contributed by atoms with Crippen molar-refractivity contribution >= 4 is 18.5 Å². The molecule has 2 N–H and O–H groups in total. The summed E-state index contributed by atoms with van der Waals surface area (Å²) < 4.78 is 18.1. The fourth-order valence-corrected chi connectivity index (χ4v) is 1.56. The second kappa shape index (κ2) is 5.03. The summed E-state index contributed by atoms with van der Waals surface area (Å²) in [4.78, 5) is 10.9. The molecule has 0 saturated carbocycles. The minimum Gasteiger partial charge on any atom is -0.508 e. The lowest BCUT2D eigenvalue weighted by molar-refractivity contribution is 0.115. The Morgan fingerprint density at radius 1 is 1.50 bits per heavy atom. The van der Waals surface area contributed by atoms with Crippen molar-refractivity contribution in [2.24, 2.45) is 0 Å². The summed E-state index contributed by atoms with van der Waals surface area (Å²) in [6.45, 7) is 0.275. The van der Waals surface area contributed by atoms with Crippen LogP contribution in [0.1, 0.15) is 18.0 Å². The molecule has 1 amide bonds. The SMILES string of the molecule is Cl.O=C1N[C@@H](c2ccc(O)cc2F)CCO1. The van der Waals surface area contributed by atoms with E-state index in [9.17, 15) is 9.18 Å². The number of ether oxygens (including phenoxy) is 1. The lowest BCUT2D eigenvalue weighted by atomic mass is 10.0. The highest BCUT2D eigenvalue weighted by atomic mass is 35.5. The van der Waals surface area contributed by atoms with Crippen molar-refractivity contribution in [2.45, 2.75) is 12.5 Å². The second-order valence-electron chi connectivity index (χ2n) is 3.33. The van der Waals surface area contributed by atoms with Crippen LogP contribution >= 0.6 is 12.4 Å². The summed E-state index contributed by atoms with van der Waals surface area (Å²) in [5, 5.41) is 11.5. The summed E-state index contributed by atoms with van der Waals surface area (Å²) in [6.07, 6.45) is -0.0216. The van der Waals surface area contributed by atoms with E-state index in [4.69, 9.17) is 5.11 Å². The maximum Gasteiger partial charge on any atom is 0.407 e. The normalized spacial score (nSPS) is 19.3. The predicted molar refractivity (Wildman–Crippen MR) is 57.2 cm³/mol. The molecule has 1 aromatic rings. The van der Waals surface area contributed by atoms with Crippen molar-refractivity contribution in [1.29, 1.82) is 0 Å². The number of carbonyl (C=O) groups is 1. The third-order valence-electron chi connectivity index (χ3n) is 2.29. The van der Waals surface area contributed by atoms with Gasteiger partial charge in [0.1, 0.15) is 11.6 Å². The molecule has 1 aliphatic heterocycles. The van der Waals surface area contributed by atoms with Crippen LogP contribution in [0.25, 0.3) is 0 Å². The molecule has 2 rings (SSSR count). The Balaban J connectivity index is 0.00000128. The van der Waals surface area contributed by atoms with Gasteiger partial charge in [0.05, 0.1) is 12.6 Å². The Labute approximate surface area is 97.8 Å². The van der Waals surface area contributed by atoms with Crippen LogP contribution in [0, 0.1) is 5.82 Å². The number of rotatable bonds is 1. The first-order valence-corrected chi connectivity index (χ1v) is 4.58. The molecule has 1 aliphatic rings. The van der Waals surface area contributed by atoms with E-state index in [0.29, 0.717) is 12.0 Å². The van der Waals surface area contributed by atoms with Gasteiger partial charge < -0.3 is 15.2 Å². The lowest BCUT2D eigenvalue weighted by Gasteiger charge is -2.23. The van der Waals surface area contributed by atoms with Crippen LogP contribution in [0.3, 0.4) is 0 Å². The van der Waals surface area contributed by atoms with Gasteiger partial charge in [-0.25, -0.2) is 9.18 Å². The molecule has 0 spiro atoms. The molecule has 1 atom stereocenters. The third kappa shape index (κ3) is 2.55. The van der Waals surface area contributed by atoms with Gasteiger partial charge in [0.15, 0.2) is 0 Å². The van der Waals surface area contributed by atoms with E-state index in [0.717, 1.165) is 6.07 Å². The molecule has 1 aromatic carbocycles. The van der Waals surface area contributed by atoms with Crippen molar-refractivity contribution < 1.29 is 19.0 Å². The number of benzene rings is 1. The molecule has 1 heterocycles. The summed E-state index contributed by atoms with van der Waals surface area (Å²) >= 11 is 0. The summed E-state index contributed by atoms with van der Waals surface area (Å²) in [7, 11) is 0. The van der Waals surface area contributed by atoms with E-state index in [-0.39, 0.29) is 30.8 Å². The Kier molecular flexibility index (Phi) is 3.95. The molecular formula is C10H11ClFNO3. The Hall–Kier alpha value is -1.49. The van der Waals surface area contributed by atoms with Crippen LogP contribution in [0.4, 0.5) is 9.18 Å². The molecule has 1 saturated heterocycles. The van der Waals surface area contributed by atoms with Crippen LogP contribution in [0.2, 0.25) is 0 Å². The van der Waals surface area contributed by atoms with Crippen molar-refractivity contribution in [3.8, 4) is 5.75 Å². The molecular weight excluding hydrogens is 237 g/mol. The highest BCUT2D eigenvalue weighted by Crippen LogP contribution is 2.25. The van der Waals surface area contributed by atoms with Gasteiger partial charge in [0, 0.05) is 18.1 Å². The van der Waals surface area contributed by atoms with Gasteiger partial charge in [-0.1, -0.05) is 6.07 Å². The molecule has 6 heteroatoms. The molecule has 0 aromatic heterocycles. The van der Waals surface area contributed by atoms with Gasteiger partial charge in [0.2, 0.25) is 0 Å². The zero-order chi connectivity index (χ0) is 10.8. The average molecular weight is 248 g/mol. The van der Waals surface area contributed by atoms with Crippen molar-refractivity contribution in [2.75, 3.05) is 6.61 Å². The Bertz CT molecular complexity index is 400. The lowest BCUT2D eigenvalue weighted by Crippen LogP contribution is -2.35. The van der Waals surface area contributed by atoms with Gasteiger partial charge >= 0.3 is 6.09 Å². The molecule has 0 aliphatic carbocycles. The van der Waals surface area contributed by atoms with Crippen molar-refractivity contribution in [3.63, 3.8) is 0 Å².